The Kier molecular flexibility index (Phi) is 2.78. The van der Waals surface area contributed by atoms with Gasteiger partial charge in [-0.05, 0) is 18.6 Å². The molecule has 0 bridgehead atoms. The summed E-state index contributed by atoms with van der Waals surface area (Å²) in [5, 5.41) is 15.6. The summed E-state index contributed by atoms with van der Waals surface area (Å²) in [6.45, 7) is 1.88. The molecule has 4 N–H and O–H groups in total. The minimum Gasteiger partial charge on any atom is -0.804 e. The molecule has 0 saturated heterocycles. The van der Waals surface area contributed by atoms with E-state index in [-0.39, 0.29) is 23.4 Å². The van der Waals surface area contributed by atoms with Gasteiger partial charge in [0, 0.05) is 12.6 Å². The molecule has 1 unspecified atom stereocenters. The van der Waals surface area contributed by atoms with Gasteiger partial charge in [0.2, 0.25) is 0 Å². The molecule has 0 amide bonds. The van der Waals surface area contributed by atoms with E-state index in [2.05, 4.69) is 5.10 Å². The van der Waals surface area contributed by atoms with Crippen molar-refractivity contribution < 1.29 is 4.54 Å². The third-order valence-electron chi connectivity index (χ3n) is 2.54. The zero-order valence-electron chi connectivity index (χ0n) is 9.33. The second-order valence-electron chi connectivity index (χ2n) is 3.86. The molecule has 2 aromatic rings. The van der Waals surface area contributed by atoms with E-state index in [1.165, 1.54) is 0 Å². The Morgan fingerprint density at radius 2 is 2.29 bits per heavy atom. The van der Waals surface area contributed by atoms with Crippen molar-refractivity contribution >= 4 is 11.0 Å². The van der Waals surface area contributed by atoms with Gasteiger partial charge in [-0.2, -0.15) is 0 Å². The Bertz CT molecular complexity index is 622. The Morgan fingerprint density at radius 1 is 1.59 bits per heavy atom. The van der Waals surface area contributed by atoms with Crippen LogP contribution in [0, 0.1) is 17.0 Å². The van der Waals surface area contributed by atoms with Crippen molar-refractivity contribution in [3.8, 4) is 0 Å². The number of nitrogens with two attached hydrogens (primary N) is 2. The normalized spacial score (nSPS) is 12.9. The highest BCUT2D eigenvalue weighted by Gasteiger charge is 2.18. The molecule has 0 fully saturated rings. The predicted octanol–water partition coefficient (Wildman–Crippen LogP) is -0.436. The Labute approximate surface area is 96.8 Å². The molecule has 0 aliphatic rings. The van der Waals surface area contributed by atoms with Crippen LogP contribution in [0.1, 0.15) is 17.4 Å². The zero-order valence-corrected chi connectivity index (χ0v) is 9.33. The lowest BCUT2D eigenvalue weighted by molar-refractivity contribution is -0.538. The Morgan fingerprint density at radius 3 is 2.94 bits per heavy atom. The molecule has 90 valence electrons. The van der Waals surface area contributed by atoms with Crippen LogP contribution >= 0.6 is 0 Å². The summed E-state index contributed by atoms with van der Waals surface area (Å²) in [6.07, 6.45) is 0. The number of nitrogens with zero attached hydrogens (tertiary/aromatic N) is 3. The highest BCUT2D eigenvalue weighted by Crippen LogP contribution is 2.14. The largest absolute Gasteiger partial charge is 0.804 e. The third kappa shape index (κ3) is 1.85. The lowest BCUT2D eigenvalue weighted by atomic mass is 10.2. The maximum atomic E-state index is 12.0. The van der Waals surface area contributed by atoms with E-state index in [4.69, 9.17) is 11.5 Å². The van der Waals surface area contributed by atoms with Gasteiger partial charge >= 0.3 is 5.52 Å². The van der Waals surface area contributed by atoms with E-state index in [9.17, 15) is 10.1 Å². The summed E-state index contributed by atoms with van der Waals surface area (Å²) >= 11 is 0. The minimum atomic E-state index is -0.752. The molecule has 0 saturated carbocycles. The van der Waals surface area contributed by atoms with Gasteiger partial charge in [0.15, 0.2) is 10.4 Å². The van der Waals surface area contributed by atoms with Crippen LogP contribution in [-0.2, 0) is 0 Å². The smallest absolute Gasteiger partial charge is 0.318 e. The third-order valence-corrected chi connectivity index (χ3v) is 2.54. The molecule has 1 aromatic carbocycles. The van der Waals surface area contributed by atoms with Gasteiger partial charge in [-0.3, -0.25) is 0 Å². The summed E-state index contributed by atoms with van der Waals surface area (Å²) < 4.78 is 0.961. The van der Waals surface area contributed by atoms with Gasteiger partial charge in [-0.25, -0.2) is 0 Å². The van der Waals surface area contributed by atoms with Crippen molar-refractivity contribution in [3.05, 3.63) is 39.7 Å². The number of benzene rings is 1. The fourth-order valence-electron chi connectivity index (χ4n) is 1.60. The van der Waals surface area contributed by atoms with Crippen LogP contribution in [0.2, 0.25) is 0 Å². The van der Waals surface area contributed by atoms with Crippen LogP contribution in [0.3, 0.4) is 0 Å². The first-order chi connectivity index (χ1) is 8.04. The molecule has 0 spiro atoms. The monoisotopic (exact) mass is 235 g/mol. The number of hydrogen-bond donors (Lipinski definition) is 2. The maximum Gasteiger partial charge on any atom is 0.318 e. The van der Waals surface area contributed by atoms with Gasteiger partial charge in [-0.1, -0.05) is 6.07 Å². The number of aromatic nitrogens is 3. The molecule has 7 nitrogen and oxygen atoms in total. The molecule has 17 heavy (non-hydrogen) atoms. The lowest BCUT2D eigenvalue weighted by Gasteiger charge is -2.18. The van der Waals surface area contributed by atoms with Crippen LogP contribution in [-0.4, -0.2) is 16.4 Å². The van der Waals surface area contributed by atoms with E-state index < -0.39 is 6.04 Å². The SMILES string of the molecule is Cc1ccc2c(c1)n([O-])c(C(N)CN)n[n+]2=O. The molecular weight excluding hydrogens is 222 g/mol. The van der Waals surface area contributed by atoms with E-state index in [1.807, 2.05) is 6.92 Å². The summed E-state index contributed by atoms with van der Waals surface area (Å²) in [6, 6.07) is 4.15. The van der Waals surface area contributed by atoms with Crippen molar-refractivity contribution in [3.63, 3.8) is 0 Å². The van der Waals surface area contributed by atoms with E-state index >= 15 is 0 Å². The maximum absolute atomic E-state index is 12.0. The molecule has 1 heterocycles. The van der Waals surface area contributed by atoms with Crippen LogP contribution in [0.25, 0.3) is 11.0 Å². The zero-order chi connectivity index (χ0) is 12.6. The van der Waals surface area contributed by atoms with Gasteiger partial charge in [0.25, 0.3) is 0 Å². The molecule has 0 aliphatic heterocycles. The van der Waals surface area contributed by atoms with Gasteiger partial charge in [0.05, 0.1) is 16.0 Å². The summed E-state index contributed by atoms with van der Waals surface area (Å²) in [5.41, 5.74) is 12.3. The minimum absolute atomic E-state index is 0.0482. The van der Waals surface area contributed by atoms with Crippen molar-refractivity contribution in [2.45, 2.75) is 13.0 Å². The lowest BCUT2D eigenvalue weighted by Crippen LogP contribution is -2.32. The summed E-state index contributed by atoms with van der Waals surface area (Å²) in [4.78, 5) is 11.6. The Hall–Kier alpha value is -1.99. The molecule has 1 aromatic heterocycles. The topological polar surface area (TPSA) is 116 Å². The number of hydrogen-bond acceptors (Lipinski definition) is 5. The van der Waals surface area contributed by atoms with Crippen LogP contribution in [0.15, 0.2) is 18.2 Å². The highest BCUT2D eigenvalue weighted by atomic mass is 16.5. The molecule has 0 radical (unpaired) electrons. The first-order valence-corrected chi connectivity index (χ1v) is 5.14. The van der Waals surface area contributed by atoms with Crippen LogP contribution < -0.4 is 16.0 Å². The van der Waals surface area contributed by atoms with Crippen molar-refractivity contribution in [1.82, 2.24) is 9.83 Å². The second kappa shape index (κ2) is 4.11. The Balaban J connectivity index is 2.83. The fraction of sp³-hybridized carbons (Fsp3) is 0.300. The van der Waals surface area contributed by atoms with E-state index in [1.54, 1.807) is 18.2 Å². The standard InChI is InChI=1S/C10H13N5O2/c1-6-2-3-8-9(4-6)14(16)10(7(12)5-11)13-15(8)17/h2-4,7H,5,11-12H2,1H3. The summed E-state index contributed by atoms with van der Waals surface area (Å²) in [7, 11) is 0. The van der Waals surface area contributed by atoms with Crippen molar-refractivity contribution in [2.24, 2.45) is 11.5 Å². The number of aryl methyl sites for hydroxylation is 1. The first kappa shape index (κ1) is 11.5. The van der Waals surface area contributed by atoms with Crippen LogP contribution in [0.4, 0.5) is 0 Å². The number of rotatable bonds is 2. The fourth-order valence-corrected chi connectivity index (χ4v) is 1.60. The highest BCUT2D eigenvalue weighted by molar-refractivity contribution is 5.72. The van der Waals surface area contributed by atoms with Gasteiger partial charge in [0.1, 0.15) is 5.52 Å². The van der Waals surface area contributed by atoms with E-state index in [0.717, 1.165) is 5.56 Å². The second-order valence-corrected chi connectivity index (χ2v) is 3.86. The molecular formula is C10H13N5O2. The van der Waals surface area contributed by atoms with Gasteiger partial charge < -0.3 is 21.4 Å². The number of fused-ring (bicyclic) bond motifs is 1. The quantitative estimate of drug-likeness (QED) is 0.685. The average molecular weight is 235 g/mol. The first-order valence-electron chi connectivity index (χ1n) is 5.14. The van der Waals surface area contributed by atoms with Crippen molar-refractivity contribution in [2.75, 3.05) is 6.54 Å². The molecule has 0 aliphatic carbocycles. The van der Waals surface area contributed by atoms with Crippen LogP contribution in [0.5, 0.6) is 0 Å². The summed E-state index contributed by atoms with van der Waals surface area (Å²) in [5.74, 6) is -0.0689. The average Bonchev–Trinajstić information content (AvgIpc) is 2.32. The molecule has 7 heteroatoms. The predicted molar refractivity (Wildman–Crippen MR) is 62.6 cm³/mol. The molecule has 1 atom stereocenters. The van der Waals surface area contributed by atoms with E-state index in [0.29, 0.717) is 9.27 Å². The van der Waals surface area contributed by atoms with Crippen molar-refractivity contribution in [1.29, 1.82) is 0 Å². The molecule has 2 rings (SSSR count). The van der Waals surface area contributed by atoms with Gasteiger partial charge in [-0.15, -0.1) is 0 Å².